The first kappa shape index (κ1) is 16.3. The predicted molar refractivity (Wildman–Crippen MR) is 85.1 cm³/mol. The van der Waals surface area contributed by atoms with Crippen LogP contribution >= 0.6 is 0 Å². The van der Waals surface area contributed by atoms with E-state index in [0.29, 0.717) is 17.5 Å². The lowest BCUT2D eigenvalue weighted by Crippen LogP contribution is -2.53. The summed E-state index contributed by atoms with van der Waals surface area (Å²) >= 11 is 0. The van der Waals surface area contributed by atoms with Crippen LogP contribution in [-0.4, -0.2) is 49.3 Å². The monoisotopic (exact) mass is 282 g/mol. The Balaban J connectivity index is 1.84. The van der Waals surface area contributed by atoms with Crippen LogP contribution in [0.25, 0.3) is 0 Å². The molecule has 1 atom stereocenters. The van der Waals surface area contributed by atoms with E-state index in [-0.39, 0.29) is 0 Å². The standard InChI is InChI=1S/C17H34N2O/c1-15(2)13-20-12-11-19-14-17(8-5-4-6-9-17)18-10-7-16(19)3/h15-16,18H,4-14H2,1-3H3. The maximum absolute atomic E-state index is 5.80. The van der Waals surface area contributed by atoms with Gasteiger partial charge in [-0.05, 0) is 38.6 Å². The first-order valence-corrected chi connectivity index (χ1v) is 8.68. The second kappa shape index (κ2) is 7.77. The molecule has 0 amide bonds. The third-order valence-electron chi connectivity index (χ3n) is 4.98. The number of rotatable bonds is 5. The molecule has 0 aromatic carbocycles. The lowest BCUT2D eigenvalue weighted by Gasteiger charge is -2.41. The molecule has 1 unspecified atom stereocenters. The van der Waals surface area contributed by atoms with Gasteiger partial charge in [0.2, 0.25) is 0 Å². The third kappa shape index (κ3) is 4.71. The highest BCUT2D eigenvalue weighted by molar-refractivity contribution is 4.96. The van der Waals surface area contributed by atoms with Crippen molar-refractivity contribution in [3.8, 4) is 0 Å². The van der Waals surface area contributed by atoms with Crippen molar-refractivity contribution in [1.29, 1.82) is 0 Å². The van der Waals surface area contributed by atoms with E-state index in [2.05, 4.69) is 31.0 Å². The van der Waals surface area contributed by atoms with Gasteiger partial charge in [0, 0.05) is 31.3 Å². The molecule has 3 nitrogen and oxygen atoms in total. The molecule has 1 saturated carbocycles. The Bertz CT molecular complexity index is 274. The van der Waals surface area contributed by atoms with Crippen LogP contribution in [0.4, 0.5) is 0 Å². The van der Waals surface area contributed by atoms with Gasteiger partial charge in [0.25, 0.3) is 0 Å². The van der Waals surface area contributed by atoms with Gasteiger partial charge >= 0.3 is 0 Å². The van der Waals surface area contributed by atoms with Crippen LogP contribution in [0.3, 0.4) is 0 Å². The molecule has 0 aromatic rings. The zero-order valence-electron chi connectivity index (χ0n) is 13.8. The Morgan fingerprint density at radius 2 is 2.00 bits per heavy atom. The fraction of sp³-hybridized carbons (Fsp3) is 1.00. The van der Waals surface area contributed by atoms with Crippen LogP contribution in [-0.2, 0) is 4.74 Å². The minimum Gasteiger partial charge on any atom is -0.380 e. The highest BCUT2D eigenvalue weighted by Gasteiger charge is 2.36. The van der Waals surface area contributed by atoms with Crippen molar-refractivity contribution in [2.45, 2.75) is 70.9 Å². The molecule has 1 aliphatic heterocycles. The fourth-order valence-electron chi connectivity index (χ4n) is 3.69. The average Bonchev–Trinajstić information content (AvgIpc) is 2.56. The zero-order chi connectivity index (χ0) is 14.4. The first-order chi connectivity index (χ1) is 9.61. The number of ether oxygens (including phenoxy) is 1. The molecule has 2 aliphatic rings. The minimum atomic E-state index is 0.404. The van der Waals surface area contributed by atoms with E-state index in [4.69, 9.17) is 4.74 Å². The summed E-state index contributed by atoms with van der Waals surface area (Å²) in [4.78, 5) is 2.67. The second-order valence-electron chi connectivity index (χ2n) is 7.34. The van der Waals surface area contributed by atoms with E-state index < -0.39 is 0 Å². The Morgan fingerprint density at radius 1 is 1.25 bits per heavy atom. The topological polar surface area (TPSA) is 24.5 Å². The largest absolute Gasteiger partial charge is 0.380 e. The highest BCUT2D eigenvalue weighted by atomic mass is 16.5. The molecular weight excluding hydrogens is 248 g/mol. The molecule has 2 rings (SSSR count). The Kier molecular flexibility index (Phi) is 6.31. The van der Waals surface area contributed by atoms with Gasteiger partial charge in [-0.25, -0.2) is 0 Å². The maximum Gasteiger partial charge on any atom is 0.0593 e. The third-order valence-corrected chi connectivity index (χ3v) is 4.98. The van der Waals surface area contributed by atoms with Gasteiger partial charge in [0.1, 0.15) is 0 Å². The molecule has 1 heterocycles. The summed E-state index contributed by atoms with van der Waals surface area (Å²) in [6.07, 6.45) is 8.23. The van der Waals surface area contributed by atoms with Gasteiger partial charge < -0.3 is 10.1 Å². The summed E-state index contributed by atoms with van der Waals surface area (Å²) in [7, 11) is 0. The summed E-state index contributed by atoms with van der Waals surface area (Å²) in [5.41, 5.74) is 0.404. The van der Waals surface area contributed by atoms with Crippen molar-refractivity contribution in [2.75, 3.05) is 32.8 Å². The predicted octanol–water partition coefficient (Wildman–Crippen LogP) is 3.05. The van der Waals surface area contributed by atoms with Crippen LogP contribution in [0, 0.1) is 5.92 Å². The van der Waals surface area contributed by atoms with Crippen molar-refractivity contribution in [1.82, 2.24) is 10.2 Å². The average molecular weight is 282 g/mol. The molecule has 0 aromatic heterocycles. The van der Waals surface area contributed by atoms with Gasteiger partial charge in [0.15, 0.2) is 0 Å². The number of hydrogen-bond acceptors (Lipinski definition) is 3. The first-order valence-electron chi connectivity index (χ1n) is 8.68. The molecule has 1 aliphatic carbocycles. The van der Waals surface area contributed by atoms with E-state index in [1.165, 1.54) is 51.6 Å². The summed E-state index contributed by atoms with van der Waals surface area (Å²) in [6.45, 7) is 12.1. The van der Waals surface area contributed by atoms with Crippen LogP contribution in [0.2, 0.25) is 0 Å². The number of nitrogens with one attached hydrogen (secondary N) is 1. The molecule has 1 saturated heterocycles. The highest BCUT2D eigenvalue weighted by Crippen LogP contribution is 2.31. The molecule has 0 radical (unpaired) electrons. The van der Waals surface area contributed by atoms with E-state index >= 15 is 0 Å². The minimum absolute atomic E-state index is 0.404. The Hall–Kier alpha value is -0.120. The van der Waals surface area contributed by atoms with Crippen molar-refractivity contribution < 1.29 is 4.74 Å². The normalized spacial score (nSPS) is 27.9. The van der Waals surface area contributed by atoms with Gasteiger partial charge in [-0.15, -0.1) is 0 Å². The van der Waals surface area contributed by atoms with Gasteiger partial charge in [-0.2, -0.15) is 0 Å². The number of hydrogen-bond donors (Lipinski definition) is 1. The smallest absolute Gasteiger partial charge is 0.0593 e. The summed E-state index contributed by atoms with van der Waals surface area (Å²) in [5.74, 6) is 0.642. The van der Waals surface area contributed by atoms with Gasteiger partial charge in [-0.1, -0.05) is 33.1 Å². The Morgan fingerprint density at radius 3 is 2.70 bits per heavy atom. The molecule has 1 spiro atoms. The molecule has 2 fully saturated rings. The van der Waals surface area contributed by atoms with E-state index in [1.807, 2.05) is 0 Å². The van der Waals surface area contributed by atoms with Gasteiger partial charge in [0.05, 0.1) is 6.61 Å². The molecule has 1 N–H and O–H groups in total. The SMILES string of the molecule is CC(C)COCCN1CC2(CCCCC2)NCCC1C. The van der Waals surface area contributed by atoms with E-state index in [9.17, 15) is 0 Å². The van der Waals surface area contributed by atoms with Crippen LogP contribution < -0.4 is 5.32 Å². The lowest BCUT2D eigenvalue weighted by molar-refractivity contribution is 0.0622. The van der Waals surface area contributed by atoms with Crippen LogP contribution in [0.15, 0.2) is 0 Å². The molecule has 118 valence electrons. The number of nitrogens with zero attached hydrogens (tertiary/aromatic N) is 1. The van der Waals surface area contributed by atoms with Crippen molar-refractivity contribution in [3.63, 3.8) is 0 Å². The molecule has 20 heavy (non-hydrogen) atoms. The Labute approximate surface area is 125 Å². The summed E-state index contributed by atoms with van der Waals surface area (Å²) in [5, 5.41) is 3.88. The maximum atomic E-state index is 5.80. The van der Waals surface area contributed by atoms with E-state index in [1.54, 1.807) is 0 Å². The fourth-order valence-corrected chi connectivity index (χ4v) is 3.69. The van der Waals surface area contributed by atoms with Crippen molar-refractivity contribution >= 4 is 0 Å². The van der Waals surface area contributed by atoms with Crippen molar-refractivity contribution in [2.24, 2.45) is 5.92 Å². The molecular formula is C17H34N2O. The second-order valence-corrected chi connectivity index (χ2v) is 7.34. The summed E-state index contributed by atoms with van der Waals surface area (Å²) in [6, 6.07) is 0.687. The van der Waals surface area contributed by atoms with Crippen LogP contribution in [0.5, 0.6) is 0 Å². The van der Waals surface area contributed by atoms with E-state index in [0.717, 1.165) is 19.8 Å². The lowest BCUT2D eigenvalue weighted by atomic mass is 9.81. The molecule has 3 heteroatoms. The van der Waals surface area contributed by atoms with Crippen LogP contribution in [0.1, 0.15) is 59.3 Å². The van der Waals surface area contributed by atoms with Gasteiger partial charge in [-0.3, -0.25) is 4.90 Å². The zero-order valence-corrected chi connectivity index (χ0v) is 13.8. The summed E-state index contributed by atoms with van der Waals surface area (Å²) < 4.78 is 5.80. The quantitative estimate of drug-likeness (QED) is 0.784. The molecule has 0 bridgehead atoms. The van der Waals surface area contributed by atoms with Crippen molar-refractivity contribution in [3.05, 3.63) is 0 Å².